The lowest BCUT2D eigenvalue weighted by Gasteiger charge is -2.14. The second kappa shape index (κ2) is 9.65. The largest absolute Gasteiger partial charge is 0.347 e. The van der Waals surface area contributed by atoms with Crippen LogP contribution in [0.3, 0.4) is 0 Å². The molecular formula is C26H24FN7O2. The monoisotopic (exact) mass is 485 g/mol. The number of fused-ring (bicyclic) bond motifs is 1. The fraction of sp³-hybridized carbons (Fsp3) is 0.231. The molecule has 5 rings (SSSR count). The van der Waals surface area contributed by atoms with E-state index in [9.17, 15) is 14.0 Å². The number of aromatic amines is 1. The van der Waals surface area contributed by atoms with E-state index >= 15 is 0 Å². The number of carbonyl (C=O) groups is 2. The smallest absolute Gasteiger partial charge is 0.270 e. The maximum Gasteiger partial charge on any atom is 0.270 e. The first-order valence-electron chi connectivity index (χ1n) is 11.6. The van der Waals surface area contributed by atoms with Crippen molar-refractivity contribution in [3.8, 4) is 11.4 Å². The molecule has 2 heterocycles. The molecule has 182 valence electrons. The number of aryl methyl sites for hydroxylation is 3. The van der Waals surface area contributed by atoms with E-state index in [2.05, 4.69) is 41.8 Å². The first-order valence-corrected chi connectivity index (χ1v) is 11.6. The molecule has 0 spiro atoms. The maximum atomic E-state index is 13.5. The van der Waals surface area contributed by atoms with E-state index in [0.717, 1.165) is 40.9 Å². The molecule has 0 fully saturated rings. The van der Waals surface area contributed by atoms with Gasteiger partial charge in [-0.3, -0.25) is 14.7 Å². The van der Waals surface area contributed by atoms with Gasteiger partial charge in [0.25, 0.3) is 11.8 Å². The van der Waals surface area contributed by atoms with Crippen LogP contribution in [0.4, 0.5) is 4.39 Å². The van der Waals surface area contributed by atoms with Gasteiger partial charge in [-0.25, -0.2) is 19.3 Å². The molecule has 0 saturated heterocycles. The Labute approximate surface area is 206 Å². The van der Waals surface area contributed by atoms with E-state index in [1.165, 1.54) is 18.5 Å². The van der Waals surface area contributed by atoms with Gasteiger partial charge in [0.2, 0.25) is 0 Å². The normalized spacial score (nSPS) is 14.4. The number of nitrogens with one attached hydrogen (secondary N) is 3. The van der Waals surface area contributed by atoms with Crippen LogP contribution in [0, 0.1) is 19.7 Å². The Kier molecular flexibility index (Phi) is 6.24. The number of hydrogen-bond donors (Lipinski definition) is 3. The SMILES string of the molecule is Cc1nc(-c2ccc3c(c2)CCC3NC(=O)c2cc(C(=O)NCc3ccc(F)c(C)c3)ncn2)n[nH]1. The molecule has 0 saturated carbocycles. The highest BCUT2D eigenvalue weighted by Crippen LogP contribution is 2.33. The molecule has 10 heteroatoms. The first-order chi connectivity index (χ1) is 17.4. The van der Waals surface area contributed by atoms with Gasteiger partial charge in [0.1, 0.15) is 29.4 Å². The number of H-pyrrole nitrogens is 1. The van der Waals surface area contributed by atoms with Gasteiger partial charge in [-0.2, -0.15) is 5.10 Å². The zero-order valence-corrected chi connectivity index (χ0v) is 19.8. The van der Waals surface area contributed by atoms with Gasteiger partial charge in [-0.15, -0.1) is 0 Å². The number of nitrogens with zero attached hydrogens (tertiary/aromatic N) is 4. The maximum absolute atomic E-state index is 13.5. The molecule has 2 amide bonds. The third-order valence-electron chi connectivity index (χ3n) is 6.19. The van der Waals surface area contributed by atoms with Gasteiger partial charge in [0.05, 0.1) is 6.04 Å². The zero-order valence-electron chi connectivity index (χ0n) is 19.8. The summed E-state index contributed by atoms with van der Waals surface area (Å²) < 4.78 is 13.5. The summed E-state index contributed by atoms with van der Waals surface area (Å²) in [5.41, 5.74) is 4.55. The average Bonchev–Trinajstić information content (AvgIpc) is 3.50. The summed E-state index contributed by atoms with van der Waals surface area (Å²) in [6, 6.07) is 11.8. The standard InChI is InChI=1S/C26H24FN7O2/c1-14-9-16(3-7-20(14)27)12-28-25(35)22-11-23(30-13-29-22)26(36)32-21-8-5-17-10-18(4-6-19(17)21)24-31-15(2)33-34-24/h3-4,6-7,9-11,13,21H,5,8,12H2,1-2H3,(H,28,35)(H,32,36)(H,31,33,34). The van der Waals surface area contributed by atoms with Gasteiger partial charge < -0.3 is 10.6 Å². The van der Waals surface area contributed by atoms with Crippen molar-refractivity contribution in [2.75, 3.05) is 0 Å². The summed E-state index contributed by atoms with van der Waals surface area (Å²) in [5, 5.41) is 12.8. The minimum absolute atomic E-state index is 0.0762. The predicted octanol–water partition coefficient (Wildman–Crippen LogP) is 3.36. The lowest BCUT2D eigenvalue weighted by molar-refractivity contribution is 0.0931. The van der Waals surface area contributed by atoms with Crippen molar-refractivity contribution in [2.24, 2.45) is 0 Å². The molecule has 1 aliphatic carbocycles. The van der Waals surface area contributed by atoms with Crippen LogP contribution in [0.1, 0.15) is 61.5 Å². The molecule has 0 bridgehead atoms. The number of benzene rings is 2. The van der Waals surface area contributed by atoms with Gasteiger partial charge in [0, 0.05) is 18.2 Å². The molecule has 1 atom stereocenters. The summed E-state index contributed by atoms with van der Waals surface area (Å²) in [4.78, 5) is 37.9. The molecule has 0 aliphatic heterocycles. The van der Waals surface area contributed by atoms with Crippen LogP contribution in [-0.4, -0.2) is 37.0 Å². The molecule has 1 unspecified atom stereocenters. The van der Waals surface area contributed by atoms with Crippen molar-refractivity contribution in [1.82, 2.24) is 35.8 Å². The Morgan fingerprint density at radius 3 is 2.61 bits per heavy atom. The number of rotatable bonds is 6. The molecule has 4 aromatic rings. The van der Waals surface area contributed by atoms with Gasteiger partial charge >= 0.3 is 0 Å². The fourth-order valence-corrected chi connectivity index (χ4v) is 4.31. The molecule has 1 aliphatic rings. The third kappa shape index (κ3) is 4.83. The molecule has 36 heavy (non-hydrogen) atoms. The minimum atomic E-state index is -0.450. The summed E-state index contributed by atoms with van der Waals surface area (Å²) in [7, 11) is 0. The molecule has 3 N–H and O–H groups in total. The summed E-state index contributed by atoms with van der Waals surface area (Å²) in [6.07, 6.45) is 2.77. The minimum Gasteiger partial charge on any atom is -0.347 e. The number of aromatic nitrogens is 5. The highest BCUT2D eigenvalue weighted by Gasteiger charge is 2.26. The van der Waals surface area contributed by atoms with Crippen LogP contribution in [0.2, 0.25) is 0 Å². The molecule has 0 radical (unpaired) electrons. The summed E-state index contributed by atoms with van der Waals surface area (Å²) in [5.74, 6) is 0.261. The second-order valence-corrected chi connectivity index (χ2v) is 8.78. The van der Waals surface area contributed by atoms with Gasteiger partial charge in [-0.1, -0.05) is 24.3 Å². The Bertz CT molecular complexity index is 1470. The van der Waals surface area contributed by atoms with E-state index in [0.29, 0.717) is 11.4 Å². The van der Waals surface area contributed by atoms with Crippen molar-refractivity contribution in [3.05, 3.63) is 94.1 Å². The van der Waals surface area contributed by atoms with E-state index in [-0.39, 0.29) is 35.7 Å². The lowest BCUT2D eigenvalue weighted by atomic mass is 10.0. The number of carbonyl (C=O) groups excluding carboxylic acids is 2. The Morgan fingerprint density at radius 2 is 1.86 bits per heavy atom. The fourth-order valence-electron chi connectivity index (χ4n) is 4.31. The van der Waals surface area contributed by atoms with Crippen LogP contribution in [0.15, 0.2) is 48.8 Å². The quantitative estimate of drug-likeness (QED) is 0.385. The highest BCUT2D eigenvalue weighted by molar-refractivity contribution is 5.97. The average molecular weight is 486 g/mol. The summed E-state index contributed by atoms with van der Waals surface area (Å²) >= 11 is 0. The second-order valence-electron chi connectivity index (χ2n) is 8.78. The van der Waals surface area contributed by atoms with Gasteiger partial charge in [-0.05, 0) is 61.1 Å². The van der Waals surface area contributed by atoms with Crippen LogP contribution < -0.4 is 10.6 Å². The zero-order chi connectivity index (χ0) is 25.2. The van der Waals surface area contributed by atoms with Crippen LogP contribution in [0.25, 0.3) is 11.4 Å². The van der Waals surface area contributed by atoms with Crippen molar-refractivity contribution in [2.45, 2.75) is 39.3 Å². The molecular weight excluding hydrogens is 461 g/mol. The Hall–Kier alpha value is -4.47. The lowest BCUT2D eigenvalue weighted by Crippen LogP contribution is -2.29. The number of amides is 2. The molecule has 9 nitrogen and oxygen atoms in total. The van der Waals surface area contributed by atoms with E-state index in [1.807, 2.05) is 19.1 Å². The van der Waals surface area contributed by atoms with E-state index in [1.54, 1.807) is 19.1 Å². The van der Waals surface area contributed by atoms with Gasteiger partial charge in [0.15, 0.2) is 5.82 Å². The van der Waals surface area contributed by atoms with Crippen molar-refractivity contribution >= 4 is 11.8 Å². The van der Waals surface area contributed by atoms with E-state index in [4.69, 9.17) is 0 Å². The first kappa shape index (κ1) is 23.3. The number of halogens is 1. The van der Waals surface area contributed by atoms with Crippen molar-refractivity contribution in [3.63, 3.8) is 0 Å². The third-order valence-corrected chi connectivity index (χ3v) is 6.19. The van der Waals surface area contributed by atoms with Crippen molar-refractivity contribution < 1.29 is 14.0 Å². The van der Waals surface area contributed by atoms with Crippen molar-refractivity contribution in [1.29, 1.82) is 0 Å². The topological polar surface area (TPSA) is 126 Å². The highest BCUT2D eigenvalue weighted by atomic mass is 19.1. The predicted molar refractivity (Wildman–Crippen MR) is 129 cm³/mol. The van der Waals surface area contributed by atoms with Crippen LogP contribution in [0.5, 0.6) is 0 Å². The van der Waals surface area contributed by atoms with Crippen LogP contribution >= 0.6 is 0 Å². The molecule has 2 aromatic carbocycles. The van der Waals surface area contributed by atoms with E-state index < -0.39 is 5.91 Å². The molecule has 2 aromatic heterocycles. The summed E-state index contributed by atoms with van der Waals surface area (Å²) in [6.45, 7) is 3.72. The number of hydrogen-bond acceptors (Lipinski definition) is 6. The Balaban J connectivity index is 1.24. The Morgan fingerprint density at radius 1 is 1.06 bits per heavy atom. The van der Waals surface area contributed by atoms with Crippen LogP contribution in [-0.2, 0) is 13.0 Å².